The van der Waals surface area contributed by atoms with Gasteiger partial charge in [-0.2, -0.15) is 0 Å². The van der Waals surface area contributed by atoms with Gasteiger partial charge >= 0.3 is 11.7 Å². The van der Waals surface area contributed by atoms with Crippen LogP contribution in [0, 0.1) is 0 Å². The normalized spacial score (nSPS) is 10.3. The van der Waals surface area contributed by atoms with Crippen LogP contribution in [0.2, 0.25) is 0 Å². The van der Waals surface area contributed by atoms with Crippen LogP contribution in [-0.4, -0.2) is 38.2 Å². The highest BCUT2D eigenvalue weighted by molar-refractivity contribution is 5.97. The van der Waals surface area contributed by atoms with E-state index in [2.05, 4.69) is 0 Å². The number of H-pyrrole nitrogens is 1. The van der Waals surface area contributed by atoms with Crippen molar-refractivity contribution in [1.29, 1.82) is 0 Å². The number of nitrogens with one attached hydrogen (secondary N) is 2. The van der Waals surface area contributed by atoms with E-state index in [1.165, 1.54) is 0 Å². The Morgan fingerprint density at radius 1 is 1.17 bits per heavy atom. The molecule has 0 radical (unpaired) electrons. The van der Waals surface area contributed by atoms with Gasteiger partial charge in [0.25, 0.3) is 11.5 Å². The number of aromatic hydroxyl groups is 1. The summed E-state index contributed by atoms with van der Waals surface area (Å²) in [6.07, 6.45) is 0. The number of carboxylic acid groups (broad SMARTS) is 1. The molecule has 0 bridgehead atoms. The van der Waals surface area contributed by atoms with E-state index in [0.29, 0.717) is 5.56 Å². The van der Waals surface area contributed by atoms with E-state index in [-0.39, 0.29) is 6.54 Å². The van der Waals surface area contributed by atoms with Crippen LogP contribution < -0.4 is 16.6 Å². The number of carbonyl (C=O) groups excluding carboxylic acids is 1. The first-order valence-electron chi connectivity index (χ1n) is 6.50. The van der Waals surface area contributed by atoms with Crippen LogP contribution >= 0.6 is 0 Å². The Hall–Kier alpha value is -3.36. The Morgan fingerprint density at radius 3 is 2.43 bits per heavy atom. The lowest BCUT2D eigenvalue weighted by Crippen LogP contribution is -2.41. The van der Waals surface area contributed by atoms with Gasteiger partial charge in [-0.25, -0.2) is 4.79 Å². The Labute approximate surface area is 128 Å². The predicted octanol–water partition coefficient (Wildman–Crippen LogP) is -0.895. The molecule has 0 atom stereocenters. The lowest BCUT2D eigenvalue weighted by molar-refractivity contribution is -0.135. The molecule has 0 aliphatic carbocycles. The van der Waals surface area contributed by atoms with Crippen molar-refractivity contribution in [2.24, 2.45) is 0 Å². The maximum absolute atomic E-state index is 12.3. The first-order valence-corrected chi connectivity index (χ1v) is 6.50. The van der Waals surface area contributed by atoms with Gasteiger partial charge in [0.2, 0.25) is 5.88 Å². The van der Waals surface area contributed by atoms with Crippen molar-refractivity contribution < 1.29 is 19.8 Å². The molecule has 1 amide bonds. The summed E-state index contributed by atoms with van der Waals surface area (Å²) in [5.74, 6) is -3.31. The van der Waals surface area contributed by atoms with Gasteiger partial charge in [0.05, 0.1) is 6.54 Å². The number of hydrogen-bond acceptors (Lipinski definition) is 5. The summed E-state index contributed by atoms with van der Waals surface area (Å²) in [5.41, 5.74) is -1.98. The lowest BCUT2D eigenvalue weighted by atomic mass is 10.2. The zero-order valence-electron chi connectivity index (χ0n) is 11.8. The molecule has 9 nitrogen and oxygen atoms in total. The third-order valence-electron chi connectivity index (χ3n) is 2.98. The topological polar surface area (TPSA) is 141 Å². The molecule has 4 N–H and O–H groups in total. The second-order valence-corrected chi connectivity index (χ2v) is 4.61. The molecular weight excluding hydrogens is 306 g/mol. The van der Waals surface area contributed by atoms with Gasteiger partial charge in [0, 0.05) is 0 Å². The number of aliphatic carboxylic acids is 1. The van der Waals surface area contributed by atoms with Crippen molar-refractivity contribution in [2.75, 3.05) is 6.54 Å². The highest BCUT2D eigenvalue weighted by Crippen LogP contribution is 2.06. The molecule has 2 aromatic rings. The van der Waals surface area contributed by atoms with E-state index in [9.17, 15) is 24.3 Å². The standard InChI is InChI=1S/C14H13N3O6/c18-9(19)6-15-11(20)10-12(21)16-14(23)17(13(10)22)7-8-4-2-1-3-5-8/h1-5,21H,6-7H2,(H,15,20)(H,16,23)(H,18,19). The summed E-state index contributed by atoms with van der Waals surface area (Å²) in [6, 6.07) is 8.56. The maximum atomic E-state index is 12.3. The fraction of sp³-hybridized carbons (Fsp3) is 0.143. The molecule has 1 heterocycles. The Kier molecular flexibility index (Phi) is 4.60. The summed E-state index contributed by atoms with van der Waals surface area (Å²) in [6.45, 7) is -0.829. The van der Waals surface area contributed by atoms with Crippen molar-refractivity contribution in [3.63, 3.8) is 0 Å². The van der Waals surface area contributed by atoms with Crippen LogP contribution in [0.4, 0.5) is 0 Å². The van der Waals surface area contributed by atoms with E-state index in [4.69, 9.17) is 5.11 Å². The summed E-state index contributed by atoms with van der Waals surface area (Å²) in [5, 5.41) is 20.1. The predicted molar refractivity (Wildman–Crippen MR) is 78.5 cm³/mol. The van der Waals surface area contributed by atoms with Crippen LogP contribution in [-0.2, 0) is 11.3 Å². The van der Waals surface area contributed by atoms with Crippen molar-refractivity contribution in [1.82, 2.24) is 14.9 Å². The van der Waals surface area contributed by atoms with Gasteiger partial charge in [0.15, 0.2) is 5.56 Å². The minimum absolute atomic E-state index is 0.103. The molecule has 120 valence electrons. The Morgan fingerprint density at radius 2 is 1.83 bits per heavy atom. The molecule has 2 rings (SSSR count). The number of amides is 1. The molecular formula is C14H13N3O6. The highest BCUT2D eigenvalue weighted by atomic mass is 16.4. The van der Waals surface area contributed by atoms with Crippen LogP contribution in [0.25, 0.3) is 0 Å². The van der Waals surface area contributed by atoms with Crippen molar-refractivity contribution >= 4 is 11.9 Å². The average Bonchev–Trinajstić information content (AvgIpc) is 2.50. The number of aromatic nitrogens is 2. The molecule has 1 aromatic carbocycles. The average molecular weight is 319 g/mol. The zero-order chi connectivity index (χ0) is 17.0. The molecule has 1 aromatic heterocycles. The van der Waals surface area contributed by atoms with E-state index in [1.54, 1.807) is 30.3 Å². The van der Waals surface area contributed by atoms with E-state index < -0.39 is 41.1 Å². The molecule has 9 heteroatoms. The largest absolute Gasteiger partial charge is 0.494 e. The number of aromatic amines is 1. The molecule has 0 aliphatic rings. The van der Waals surface area contributed by atoms with Crippen LogP contribution in [0.1, 0.15) is 15.9 Å². The van der Waals surface area contributed by atoms with Crippen LogP contribution in [0.15, 0.2) is 39.9 Å². The number of carboxylic acids is 1. The fourth-order valence-corrected chi connectivity index (χ4v) is 1.92. The minimum atomic E-state index is -1.31. The van der Waals surface area contributed by atoms with Gasteiger partial charge in [-0.3, -0.25) is 23.9 Å². The van der Waals surface area contributed by atoms with Gasteiger partial charge in [-0.15, -0.1) is 0 Å². The van der Waals surface area contributed by atoms with E-state index in [0.717, 1.165) is 4.57 Å². The second-order valence-electron chi connectivity index (χ2n) is 4.61. The highest BCUT2D eigenvalue weighted by Gasteiger charge is 2.21. The quantitative estimate of drug-likeness (QED) is 0.563. The molecule has 0 aliphatic heterocycles. The molecule has 0 saturated carbocycles. The Balaban J connectivity index is 2.43. The third-order valence-corrected chi connectivity index (χ3v) is 2.98. The summed E-state index contributed by atoms with van der Waals surface area (Å²) in [4.78, 5) is 48.4. The van der Waals surface area contributed by atoms with Crippen molar-refractivity contribution in [3.8, 4) is 5.88 Å². The number of carbonyl (C=O) groups is 2. The minimum Gasteiger partial charge on any atom is -0.494 e. The second kappa shape index (κ2) is 6.60. The number of benzene rings is 1. The maximum Gasteiger partial charge on any atom is 0.331 e. The van der Waals surface area contributed by atoms with Gasteiger partial charge in [0.1, 0.15) is 6.54 Å². The van der Waals surface area contributed by atoms with Crippen LogP contribution in [0.5, 0.6) is 5.88 Å². The van der Waals surface area contributed by atoms with E-state index >= 15 is 0 Å². The molecule has 0 saturated heterocycles. The summed E-state index contributed by atoms with van der Waals surface area (Å²) < 4.78 is 0.741. The van der Waals surface area contributed by atoms with E-state index in [1.807, 2.05) is 10.3 Å². The molecule has 0 spiro atoms. The zero-order valence-corrected chi connectivity index (χ0v) is 11.8. The first kappa shape index (κ1) is 16.0. The van der Waals surface area contributed by atoms with Gasteiger partial charge < -0.3 is 15.5 Å². The smallest absolute Gasteiger partial charge is 0.331 e. The van der Waals surface area contributed by atoms with Gasteiger partial charge in [-0.05, 0) is 5.56 Å². The van der Waals surface area contributed by atoms with Crippen molar-refractivity contribution in [2.45, 2.75) is 6.54 Å². The number of hydrogen-bond donors (Lipinski definition) is 4. The van der Waals surface area contributed by atoms with Gasteiger partial charge in [-0.1, -0.05) is 30.3 Å². The molecule has 0 fully saturated rings. The first-order chi connectivity index (χ1) is 10.9. The number of nitrogens with zero attached hydrogens (tertiary/aromatic N) is 1. The SMILES string of the molecule is O=C(O)CNC(=O)c1c(O)[nH]c(=O)n(Cc2ccccc2)c1=O. The summed E-state index contributed by atoms with van der Waals surface area (Å²) in [7, 11) is 0. The fourth-order valence-electron chi connectivity index (χ4n) is 1.92. The monoisotopic (exact) mass is 319 g/mol. The Bertz CT molecular complexity index is 853. The molecule has 0 unspecified atom stereocenters. The summed E-state index contributed by atoms with van der Waals surface area (Å²) >= 11 is 0. The third kappa shape index (κ3) is 3.64. The number of rotatable bonds is 5. The lowest BCUT2D eigenvalue weighted by Gasteiger charge is -2.09. The molecule has 23 heavy (non-hydrogen) atoms. The van der Waals surface area contributed by atoms with Crippen LogP contribution in [0.3, 0.4) is 0 Å². The van der Waals surface area contributed by atoms with Crippen molar-refractivity contribution in [3.05, 3.63) is 62.3 Å².